The van der Waals surface area contributed by atoms with E-state index >= 15 is 4.39 Å². The Morgan fingerprint density at radius 2 is 2.00 bits per heavy atom. The Balaban J connectivity index is 1.58. The minimum atomic E-state index is -2.00. The fourth-order valence-corrected chi connectivity index (χ4v) is 3.47. The first kappa shape index (κ1) is 18.6. The smallest absolute Gasteiger partial charge is 0.266 e. The number of nitrogens with zero attached hydrogens (tertiary/aromatic N) is 3. The van der Waals surface area contributed by atoms with Crippen LogP contribution in [0.3, 0.4) is 0 Å². The van der Waals surface area contributed by atoms with E-state index in [1.807, 2.05) is 18.2 Å². The highest BCUT2D eigenvalue weighted by Crippen LogP contribution is 2.36. The van der Waals surface area contributed by atoms with Crippen LogP contribution in [0.5, 0.6) is 0 Å². The number of likely N-dealkylation sites (tertiary alicyclic amines) is 1. The minimum absolute atomic E-state index is 0.130. The van der Waals surface area contributed by atoms with Crippen LogP contribution in [0.15, 0.2) is 53.1 Å². The third kappa shape index (κ3) is 3.49. The third-order valence-electron chi connectivity index (χ3n) is 4.73. The summed E-state index contributed by atoms with van der Waals surface area (Å²) in [5.74, 6) is -1.23. The van der Waals surface area contributed by atoms with E-state index in [4.69, 9.17) is 16.1 Å². The molecule has 0 N–H and O–H groups in total. The van der Waals surface area contributed by atoms with E-state index in [9.17, 15) is 9.18 Å². The summed E-state index contributed by atoms with van der Waals surface area (Å²) in [7, 11) is 0. The van der Waals surface area contributed by atoms with E-state index in [1.54, 1.807) is 12.1 Å². The van der Waals surface area contributed by atoms with Gasteiger partial charge in [0.25, 0.3) is 11.8 Å². The quantitative estimate of drug-likeness (QED) is 0.639. The highest BCUT2D eigenvalue weighted by atomic mass is 35.5. The van der Waals surface area contributed by atoms with Gasteiger partial charge in [-0.15, -0.1) is 0 Å². The van der Waals surface area contributed by atoms with Crippen molar-refractivity contribution in [2.75, 3.05) is 13.1 Å². The lowest BCUT2D eigenvalue weighted by atomic mass is 9.94. The molecule has 1 aromatic heterocycles. The summed E-state index contributed by atoms with van der Waals surface area (Å²) >= 11 is 5.87. The van der Waals surface area contributed by atoms with Crippen molar-refractivity contribution in [3.05, 3.63) is 70.8 Å². The Bertz CT molecular complexity index is 1010. The van der Waals surface area contributed by atoms with Gasteiger partial charge >= 0.3 is 0 Å². The van der Waals surface area contributed by atoms with Gasteiger partial charge in [0.2, 0.25) is 11.5 Å². The summed E-state index contributed by atoms with van der Waals surface area (Å²) in [5.41, 5.74) is -1.48. The van der Waals surface area contributed by atoms with E-state index in [0.717, 1.165) is 6.07 Å². The first-order chi connectivity index (χ1) is 13.5. The molecule has 8 heteroatoms. The number of halogens is 3. The zero-order valence-electron chi connectivity index (χ0n) is 14.7. The molecule has 0 saturated carbocycles. The minimum Gasteiger partial charge on any atom is -0.335 e. The van der Waals surface area contributed by atoms with Crippen LogP contribution in [0.2, 0.25) is 5.02 Å². The molecule has 1 unspecified atom stereocenters. The Hall–Kier alpha value is -2.80. The monoisotopic (exact) mass is 403 g/mol. The van der Waals surface area contributed by atoms with Gasteiger partial charge in [0.15, 0.2) is 0 Å². The molecule has 1 aliphatic rings. The van der Waals surface area contributed by atoms with Crippen LogP contribution >= 0.6 is 11.6 Å². The van der Waals surface area contributed by atoms with Crippen LogP contribution in [0.25, 0.3) is 11.4 Å². The number of piperidine rings is 1. The molecule has 0 aliphatic carbocycles. The summed E-state index contributed by atoms with van der Waals surface area (Å²) in [6, 6.07) is 12.8. The van der Waals surface area contributed by atoms with Crippen LogP contribution in [0.1, 0.15) is 29.1 Å². The Morgan fingerprint density at radius 3 is 2.79 bits per heavy atom. The number of aromatic nitrogens is 2. The summed E-state index contributed by atoms with van der Waals surface area (Å²) in [6.45, 7) is 0.00431. The van der Waals surface area contributed by atoms with Gasteiger partial charge in [0.1, 0.15) is 5.82 Å². The molecule has 1 amide bonds. The highest BCUT2D eigenvalue weighted by molar-refractivity contribution is 6.31. The number of rotatable bonds is 3. The first-order valence-corrected chi connectivity index (χ1v) is 9.17. The van der Waals surface area contributed by atoms with Gasteiger partial charge in [-0.25, -0.2) is 8.78 Å². The lowest BCUT2D eigenvalue weighted by molar-refractivity contribution is 0.0150. The van der Waals surface area contributed by atoms with Crippen molar-refractivity contribution in [3.8, 4) is 11.4 Å². The van der Waals surface area contributed by atoms with Crippen LogP contribution in [0.4, 0.5) is 8.78 Å². The Morgan fingerprint density at radius 1 is 1.21 bits per heavy atom. The van der Waals surface area contributed by atoms with Gasteiger partial charge < -0.3 is 9.42 Å². The van der Waals surface area contributed by atoms with Crippen molar-refractivity contribution in [2.24, 2.45) is 0 Å². The number of hydrogen-bond donors (Lipinski definition) is 0. The summed E-state index contributed by atoms with van der Waals surface area (Å²) in [5, 5.41) is 4.09. The van der Waals surface area contributed by atoms with Crippen molar-refractivity contribution in [2.45, 2.75) is 18.5 Å². The second-order valence-corrected chi connectivity index (χ2v) is 7.15. The van der Waals surface area contributed by atoms with Gasteiger partial charge in [0.05, 0.1) is 12.1 Å². The van der Waals surface area contributed by atoms with Gasteiger partial charge in [0, 0.05) is 17.1 Å². The fraction of sp³-hybridized carbons (Fsp3) is 0.250. The zero-order chi connectivity index (χ0) is 19.7. The lowest BCUT2D eigenvalue weighted by Gasteiger charge is -2.35. The lowest BCUT2D eigenvalue weighted by Crippen LogP contribution is -2.46. The van der Waals surface area contributed by atoms with Crippen LogP contribution in [0, 0.1) is 5.82 Å². The molecule has 28 heavy (non-hydrogen) atoms. The average molecular weight is 404 g/mol. The number of hydrogen-bond acceptors (Lipinski definition) is 4. The molecular formula is C20H16ClF2N3O2. The molecule has 2 aromatic carbocycles. The van der Waals surface area contributed by atoms with Gasteiger partial charge in [-0.2, -0.15) is 4.98 Å². The van der Waals surface area contributed by atoms with Gasteiger partial charge in [-0.1, -0.05) is 47.1 Å². The topological polar surface area (TPSA) is 59.2 Å². The molecule has 2 heterocycles. The third-order valence-corrected chi connectivity index (χ3v) is 4.96. The van der Waals surface area contributed by atoms with Crippen molar-refractivity contribution >= 4 is 17.5 Å². The average Bonchev–Trinajstić information content (AvgIpc) is 3.21. The standard InChI is InChI=1S/C20H16ClF2N3O2/c21-14-7-8-16(22)15(11-14)18(27)26-10-4-9-20(23,12-26)19-24-17(25-28-19)13-5-2-1-3-6-13/h1-3,5-8,11H,4,9-10,12H2. The molecule has 1 atom stereocenters. The Kier molecular flexibility index (Phi) is 4.85. The molecule has 144 valence electrons. The predicted octanol–water partition coefficient (Wildman–Crippen LogP) is 4.63. The second kappa shape index (κ2) is 7.31. The molecule has 1 fully saturated rings. The molecule has 1 saturated heterocycles. The summed E-state index contributed by atoms with van der Waals surface area (Å²) in [6.07, 6.45) is 0.513. The van der Waals surface area contributed by atoms with Crippen molar-refractivity contribution in [1.29, 1.82) is 0 Å². The van der Waals surface area contributed by atoms with Crippen molar-refractivity contribution in [3.63, 3.8) is 0 Å². The number of amides is 1. The van der Waals surface area contributed by atoms with Crippen LogP contribution in [-0.2, 0) is 5.67 Å². The van der Waals surface area contributed by atoms with Crippen molar-refractivity contribution < 1.29 is 18.1 Å². The number of alkyl halides is 1. The van der Waals surface area contributed by atoms with E-state index in [1.165, 1.54) is 17.0 Å². The molecule has 1 aliphatic heterocycles. The van der Waals surface area contributed by atoms with E-state index in [-0.39, 0.29) is 35.3 Å². The Labute approximate surface area is 164 Å². The molecular weight excluding hydrogens is 388 g/mol. The maximum atomic E-state index is 15.6. The molecule has 0 radical (unpaired) electrons. The maximum absolute atomic E-state index is 15.6. The zero-order valence-corrected chi connectivity index (χ0v) is 15.5. The van der Waals surface area contributed by atoms with E-state index in [0.29, 0.717) is 18.5 Å². The van der Waals surface area contributed by atoms with E-state index < -0.39 is 17.4 Å². The first-order valence-electron chi connectivity index (χ1n) is 8.79. The predicted molar refractivity (Wildman–Crippen MR) is 99.1 cm³/mol. The normalized spacial score (nSPS) is 19.6. The second-order valence-electron chi connectivity index (χ2n) is 6.71. The number of carbonyl (C=O) groups is 1. The van der Waals surface area contributed by atoms with Gasteiger partial charge in [-0.3, -0.25) is 4.79 Å². The summed E-state index contributed by atoms with van der Waals surface area (Å²) < 4.78 is 34.8. The molecule has 0 bridgehead atoms. The molecule has 3 aromatic rings. The van der Waals surface area contributed by atoms with E-state index in [2.05, 4.69) is 10.1 Å². The maximum Gasteiger partial charge on any atom is 0.266 e. The molecule has 4 rings (SSSR count). The number of carbonyl (C=O) groups excluding carboxylic acids is 1. The molecule has 0 spiro atoms. The largest absolute Gasteiger partial charge is 0.335 e. The number of benzene rings is 2. The molecule has 5 nitrogen and oxygen atoms in total. The van der Waals surface area contributed by atoms with Crippen molar-refractivity contribution in [1.82, 2.24) is 15.0 Å². The van der Waals surface area contributed by atoms with Gasteiger partial charge in [-0.05, 0) is 31.0 Å². The summed E-state index contributed by atoms with van der Waals surface area (Å²) in [4.78, 5) is 18.2. The fourth-order valence-electron chi connectivity index (χ4n) is 3.30. The van der Waals surface area contributed by atoms with Crippen LogP contribution < -0.4 is 0 Å². The SMILES string of the molecule is O=C(c1cc(Cl)ccc1F)N1CCCC(F)(c2nc(-c3ccccc3)no2)C1. The van der Waals surface area contributed by atoms with Crippen LogP contribution in [-0.4, -0.2) is 34.0 Å². The highest BCUT2D eigenvalue weighted by Gasteiger charge is 2.44.